The lowest BCUT2D eigenvalue weighted by atomic mass is 9.94. The quantitative estimate of drug-likeness (QED) is 0.159. The zero-order chi connectivity index (χ0) is 45.4. The summed E-state index contributed by atoms with van der Waals surface area (Å²) in [5.74, 6) is 1.70. The van der Waals surface area contributed by atoms with Crippen LogP contribution in [0.4, 0.5) is 0 Å². The molecule has 6 heteroatoms. The van der Waals surface area contributed by atoms with Crippen molar-refractivity contribution in [3.8, 4) is 73.2 Å². The van der Waals surface area contributed by atoms with Crippen molar-refractivity contribution >= 4 is 65.7 Å². The maximum Gasteiger partial charge on any atom is 0.164 e. The molecule has 0 amide bonds. The van der Waals surface area contributed by atoms with E-state index in [9.17, 15) is 0 Å². The van der Waals surface area contributed by atoms with Gasteiger partial charge in [-0.25, -0.2) is 15.0 Å². The topological polar surface area (TPSA) is 69.9 Å². The lowest BCUT2D eigenvalue weighted by Gasteiger charge is -2.13. The van der Waals surface area contributed by atoms with Crippen LogP contribution in [-0.4, -0.2) is 19.5 Å². The van der Waals surface area contributed by atoms with E-state index in [0.717, 1.165) is 105 Å². The molecule has 4 aromatic heterocycles. The number of fused-ring (bicyclic) bond motifs is 9. The summed E-state index contributed by atoms with van der Waals surface area (Å²) in [6.45, 7) is 0. The minimum absolute atomic E-state index is 0.542. The molecular formula is C63H38N4O2. The van der Waals surface area contributed by atoms with Crippen LogP contribution in [0.3, 0.4) is 0 Å². The molecule has 0 saturated heterocycles. The summed E-state index contributed by atoms with van der Waals surface area (Å²) in [4.78, 5) is 15.7. The van der Waals surface area contributed by atoms with Gasteiger partial charge in [0.05, 0.1) is 11.0 Å². The molecule has 0 N–H and O–H groups in total. The van der Waals surface area contributed by atoms with Crippen molar-refractivity contribution in [3.63, 3.8) is 0 Å². The van der Waals surface area contributed by atoms with Crippen molar-refractivity contribution in [3.05, 3.63) is 231 Å². The molecule has 0 unspecified atom stereocenters. The van der Waals surface area contributed by atoms with Crippen LogP contribution in [0.2, 0.25) is 0 Å². The minimum atomic E-state index is 0.542. The van der Waals surface area contributed by atoms with Crippen molar-refractivity contribution < 1.29 is 8.83 Å². The molecule has 0 fully saturated rings. The Hall–Kier alpha value is -9.39. The second-order valence-corrected chi connectivity index (χ2v) is 17.5. The van der Waals surface area contributed by atoms with E-state index >= 15 is 0 Å². The van der Waals surface area contributed by atoms with Crippen LogP contribution in [0.25, 0.3) is 139 Å². The molecule has 14 aromatic rings. The highest BCUT2D eigenvalue weighted by Gasteiger charge is 2.24. The number of furan rings is 2. The first-order valence-electron chi connectivity index (χ1n) is 23.2. The molecule has 0 radical (unpaired) electrons. The molecule has 0 saturated carbocycles. The molecule has 322 valence electrons. The molecule has 0 aliphatic heterocycles. The smallest absolute Gasteiger partial charge is 0.164 e. The zero-order valence-electron chi connectivity index (χ0n) is 37.0. The molecule has 0 spiro atoms. The van der Waals surface area contributed by atoms with Gasteiger partial charge < -0.3 is 13.4 Å². The van der Waals surface area contributed by atoms with Gasteiger partial charge in [0.1, 0.15) is 22.3 Å². The highest BCUT2D eigenvalue weighted by molar-refractivity contribution is 6.17. The third-order valence-corrected chi connectivity index (χ3v) is 13.5. The summed E-state index contributed by atoms with van der Waals surface area (Å²) < 4.78 is 16.0. The van der Waals surface area contributed by atoms with Gasteiger partial charge in [0, 0.05) is 65.8 Å². The SMILES string of the molecule is c1ccc(-c2ccc(-c3nc(-c4ccccc4)nc(-c4ccc5c(oc6c(-c7ccc8c9ccccc9n(-c9ccccc9)c8c7)cccc65)c4-c4ccc5oc6ccccc6c5c4)n3)cc2)cc1. The molecule has 14 rings (SSSR count). The molecule has 0 atom stereocenters. The van der Waals surface area contributed by atoms with Crippen molar-refractivity contribution in [2.45, 2.75) is 0 Å². The molecular weight excluding hydrogens is 845 g/mol. The Morgan fingerprint density at radius 2 is 0.841 bits per heavy atom. The number of benzene rings is 10. The van der Waals surface area contributed by atoms with E-state index < -0.39 is 0 Å². The standard InChI is InChI=1S/C63H38N4O2/c1-4-15-39(16-5-1)40-27-29-42(30-28-40)62-64-61(41-17-6-2-7-18-41)65-63(66-62)52-35-34-51-50-24-14-23-46(43-31-33-48-47-21-10-12-25-54(47)67(55(48)38-43)45-19-8-3-9-20-45)59(50)69-60(51)58(52)44-32-36-57-53(37-44)49-22-11-13-26-56(49)68-57/h1-38H. The second-order valence-electron chi connectivity index (χ2n) is 17.5. The third-order valence-electron chi connectivity index (χ3n) is 13.5. The Morgan fingerprint density at radius 1 is 0.290 bits per heavy atom. The number of hydrogen-bond acceptors (Lipinski definition) is 5. The highest BCUT2D eigenvalue weighted by atomic mass is 16.3. The lowest BCUT2D eigenvalue weighted by molar-refractivity contribution is 0.668. The summed E-state index contributed by atoms with van der Waals surface area (Å²) in [5.41, 5.74) is 15.4. The summed E-state index contributed by atoms with van der Waals surface area (Å²) >= 11 is 0. The first kappa shape index (κ1) is 38.8. The largest absolute Gasteiger partial charge is 0.456 e. The first-order valence-corrected chi connectivity index (χ1v) is 23.2. The van der Waals surface area contributed by atoms with Crippen molar-refractivity contribution in [2.75, 3.05) is 0 Å². The maximum atomic E-state index is 7.34. The van der Waals surface area contributed by atoms with Crippen LogP contribution in [0.15, 0.2) is 239 Å². The van der Waals surface area contributed by atoms with E-state index in [1.807, 2.05) is 48.5 Å². The number of hydrogen-bond donors (Lipinski definition) is 0. The van der Waals surface area contributed by atoms with Gasteiger partial charge in [-0.2, -0.15) is 0 Å². The molecule has 4 heterocycles. The Balaban J connectivity index is 1.01. The van der Waals surface area contributed by atoms with E-state index in [-0.39, 0.29) is 0 Å². The summed E-state index contributed by atoms with van der Waals surface area (Å²) in [7, 11) is 0. The fraction of sp³-hybridized carbons (Fsp3) is 0. The number of nitrogens with zero attached hydrogens (tertiary/aromatic N) is 4. The summed E-state index contributed by atoms with van der Waals surface area (Å²) in [6.07, 6.45) is 0. The Labute approximate surface area is 396 Å². The van der Waals surface area contributed by atoms with Crippen LogP contribution in [0.5, 0.6) is 0 Å². The predicted molar refractivity (Wildman–Crippen MR) is 281 cm³/mol. The molecule has 0 aliphatic carbocycles. The maximum absolute atomic E-state index is 7.34. The van der Waals surface area contributed by atoms with Crippen molar-refractivity contribution in [2.24, 2.45) is 0 Å². The summed E-state index contributed by atoms with van der Waals surface area (Å²) in [5, 5.41) is 6.49. The lowest BCUT2D eigenvalue weighted by Crippen LogP contribution is -2.01. The predicted octanol–water partition coefficient (Wildman–Crippen LogP) is 16.8. The van der Waals surface area contributed by atoms with Crippen molar-refractivity contribution in [1.29, 1.82) is 0 Å². The van der Waals surface area contributed by atoms with Crippen LogP contribution in [-0.2, 0) is 0 Å². The van der Waals surface area contributed by atoms with E-state index in [0.29, 0.717) is 17.5 Å². The van der Waals surface area contributed by atoms with Gasteiger partial charge in [-0.1, -0.05) is 176 Å². The van der Waals surface area contributed by atoms with Gasteiger partial charge in [-0.05, 0) is 76.9 Å². The van der Waals surface area contributed by atoms with Crippen LogP contribution in [0.1, 0.15) is 0 Å². The van der Waals surface area contributed by atoms with Crippen LogP contribution in [0, 0.1) is 0 Å². The van der Waals surface area contributed by atoms with Gasteiger partial charge in [-0.15, -0.1) is 0 Å². The molecule has 6 nitrogen and oxygen atoms in total. The van der Waals surface area contributed by atoms with E-state index in [2.05, 4.69) is 187 Å². The van der Waals surface area contributed by atoms with Gasteiger partial charge >= 0.3 is 0 Å². The van der Waals surface area contributed by atoms with Crippen molar-refractivity contribution in [1.82, 2.24) is 19.5 Å². The van der Waals surface area contributed by atoms with Gasteiger partial charge in [0.2, 0.25) is 0 Å². The first-order chi connectivity index (χ1) is 34.2. The van der Waals surface area contributed by atoms with E-state index in [4.69, 9.17) is 23.8 Å². The van der Waals surface area contributed by atoms with Crippen LogP contribution >= 0.6 is 0 Å². The van der Waals surface area contributed by atoms with E-state index in [1.54, 1.807) is 0 Å². The van der Waals surface area contributed by atoms with Crippen LogP contribution < -0.4 is 0 Å². The Kier molecular flexibility index (Phi) is 8.79. The van der Waals surface area contributed by atoms with E-state index in [1.165, 1.54) is 16.3 Å². The average molecular weight is 883 g/mol. The Morgan fingerprint density at radius 3 is 1.64 bits per heavy atom. The third kappa shape index (κ3) is 6.38. The Bertz CT molecular complexity index is 4290. The normalized spacial score (nSPS) is 11.8. The van der Waals surface area contributed by atoms with Gasteiger partial charge in [0.25, 0.3) is 0 Å². The number of rotatable bonds is 7. The number of para-hydroxylation sites is 4. The van der Waals surface area contributed by atoms with Gasteiger partial charge in [-0.3, -0.25) is 0 Å². The average Bonchev–Trinajstić information content (AvgIpc) is 4.10. The fourth-order valence-corrected chi connectivity index (χ4v) is 10.2. The highest BCUT2D eigenvalue weighted by Crippen LogP contribution is 2.46. The molecule has 69 heavy (non-hydrogen) atoms. The number of aromatic nitrogens is 4. The minimum Gasteiger partial charge on any atom is -0.456 e. The molecule has 0 aliphatic rings. The monoisotopic (exact) mass is 882 g/mol. The zero-order valence-corrected chi connectivity index (χ0v) is 37.0. The molecule has 10 aromatic carbocycles. The fourth-order valence-electron chi connectivity index (χ4n) is 10.2. The second kappa shape index (κ2) is 15.6. The van der Waals surface area contributed by atoms with Gasteiger partial charge in [0.15, 0.2) is 17.5 Å². The summed E-state index contributed by atoms with van der Waals surface area (Å²) in [6, 6.07) is 80.3. The molecule has 0 bridgehead atoms.